The van der Waals surface area contributed by atoms with E-state index in [1.807, 2.05) is 20.8 Å². The molecule has 0 radical (unpaired) electrons. The Morgan fingerprint density at radius 2 is 2.12 bits per heavy atom. The zero-order chi connectivity index (χ0) is 17.7. The number of nitrogens with one attached hydrogen (secondary N) is 2. The number of rotatable bonds is 6. The van der Waals surface area contributed by atoms with Crippen molar-refractivity contribution < 1.29 is 12.9 Å². The topological polar surface area (TPSA) is 99.8 Å². The summed E-state index contributed by atoms with van der Waals surface area (Å²) in [4.78, 5) is 4.57. The van der Waals surface area contributed by atoms with Gasteiger partial charge in [0.1, 0.15) is 5.76 Å². The highest BCUT2D eigenvalue weighted by Crippen LogP contribution is 2.18. The maximum Gasteiger partial charge on any atom is 0.211 e. The molecule has 2 rings (SSSR count). The molecule has 25 heavy (non-hydrogen) atoms. The highest BCUT2D eigenvalue weighted by Gasteiger charge is 2.28. The molecule has 1 aliphatic rings. The molecule has 1 unspecified atom stereocenters. The van der Waals surface area contributed by atoms with E-state index in [9.17, 15) is 8.42 Å². The Bertz CT molecular complexity index is 670. The zero-order valence-electron chi connectivity index (χ0n) is 15.2. The summed E-state index contributed by atoms with van der Waals surface area (Å²) in [6.45, 7) is 8.90. The lowest BCUT2D eigenvalue weighted by Crippen LogP contribution is -2.40. The highest BCUT2D eigenvalue weighted by molar-refractivity contribution is 14.0. The number of halogens is 1. The summed E-state index contributed by atoms with van der Waals surface area (Å²) in [5, 5.41) is 10.4. The van der Waals surface area contributed by atoms with Gasteiger partial charge in [0.2, 0.25) is 10.0 Å². The largest absolute Gasteiger partial charge is 0.361 e. The minimum atomic E-state index is -3.09. The van der Waals surface area contributed by atoms with Crippen LogP contribution in [0.1, 0.15) is 30.4 Å². The summed E-state index contributed by atoms with van der Waals surface area (Å²) in [6, 6.07) is 0. The van der Waals surface area contributed by atoms with Crippen LogP contribution in [0.3, 0.4) is 0 Å². The molecule has 10 heteroatoms. The monoisotopic (exact) mass is 485 g/mol. The van der Waals surface area contributed by atoms with Gasteiger partial charge in [0.25, 0.3) is 0 Å². The van der Waals surface area contributed by atoms with Crippen LogP contribution in [0.2, 0.25) is 0 Å². The predicted octanol–water partition coefficient (Wildman–Crippen LogP) is 1.25. The van der Waals surface area contributed by atoms with Crippen molar-refractivity contribution in [1.82, 2.24) is 20.1 Å². The molecular formula is C15H28IN5O3S. The summed E-state index contributed by atoms with van der Waals surface area (Å²) < 4.78 is 29.8. The second-order valence-electron chi connectivity index (χ2n) is 6.15. The number of hydrogen-bond acceptors (Lipinski definition) is 5. The summed E-state index contributed by atoms with van der Waals surface area (Å²) in [6.07, 6.45) is 2.13. The van der Waals surface area contributed by atoms with Gasteiger partial charge in [-0.15, -0.1) is 24.0 Å². The first-order valence-electron chi connectivity index (χ1n) is 8.20. The van der Waals surface area contributed by atoms with Crippen LogP contribution in [0.4, 0.5) is 0 Å². The molecule has 0 bridgehead atoms. The second-order valence-corrected chi connectivity index (χ2v) is 8.14. The molecular weight excluding hydrogens is 457 g/mol. The van der Waals surface area contributed by atoms with Gasteiger partial charge in [-0.25, -0.2) is 17.7 Å². The third-order valence-electron chi connectivity index (χ3n) is 4.20. The fraction of sp³-hybridized carbons (Fsp3) is 0.733. The van der Waals surface area contributed by atoms with Gasteiger partial charge < -0.3 is 15.2 Å². The van der Waals surface area contributed by atoms with Gasteiger partial charge in [-0.1, -0.05) is 5.16 Å². The van der Waals surface area contributed by atoms with E-state index in [1.165, 1.54) is 10.6 Å². The fourth-order valence-corrected chi connectivity index (χ4v) is 3.65. The summed E-state index contributed by atoms with van der Waals surface area (Å²) >= 11 is 0. The van der Waals surface area contributed by atoms with Gasteiger partial charge in [-0.3, -0.25) is 0 Å². The second kappa shape index (κ2) is 9.72. The van der Waals surface area contributed by atoms with E-state index in [-0.39, 0.29) is 24.0 Å². The lowest BCUT2D eigenvalue weighted by molar-refractivity contribution is 0.392. The van der Waals surface area contributed by atoms with Crippen LogP contribution >= 0.6 is 24.0 Å². The average molecular weight is 485 g/mol. The van der Waals surface area contributed by atoms with Crippen molar-refractivity contribution >= 4 is 40.0 Å². The van der Waals surface area contributed by atoms with Crippen LogP contribution in [0.15, 0.2) is 9.52 Å². The molecule has 0 spiro atoms. The first-order valence-corrected chi connectivity index (χ1v) is 10.0. The molecule has 0 amide bonds. The number of nitrogens with zero attached hydrogens (tertiary/aromatic N) is 3. The molecule has 0 aliphatic carbocycles. The Labute approximate surface area is 166 Å². The fourth-order valence-electron chi connectivity index (χ4n) is 2.73. The molecule has 1 saturated heterocycles. The first-order chi connectivity index (χ1) is 11.3. The minimum absolute atomic E-state index is 0. The van der Waals surface area contributed by atoms with Crippen LogP contribution in [0.25, 0.3) is 0 Å². The van der Waals surface area contributed by atoms with E-state index in [1.54, 1.807) is 0 Å². The van der Waals surface area contributed by atoms with Crippen LogP contribution in [0, 0.1) is 19.8 Å². The van der Waals surface area contributed by atoms with Crippen molar-refractivity contribution in [3.05, 3.63) is 17.0 Å². The SMILES string of the molecule is CCNC(=NCc1c(C)noc1C)NCC1CCN(S(C)(=O)=O)C1.I. The minimum Gasteiger partial charge on any atom is -0.361 e. The van der Waals surface area contributed by atoms with Crippen molar-refractivity contribution in [2.45, 2.75) is 33.7 Å². The van der Waals surface area contributed by atoms with Crippen molar-refractivity contribution in [1.29, 1.82) is 0 Å². The van der Waals surface area contributed by atoms with Crippen molar-refractivity contribution in [3.8, 4) is 0 Å². The molecule has 1 aliphatic heterocycles. The molecule has 1 aromatic heterocycles. The van der Waals surface area contributed by atoms with Crippen LogP contribution in [-0.4, -0.2) is 56.3 Å². The number of aryl methyl sites for hydroxylation is 2. The van der Waals surface area contributed by atoms with Crippen LogP contribution in [-0.2, 0) is 16.6 Å². The number of sulfonamides is 1. The van der Waals surface area contributed by atoms with Gasteiger partial charge >= 0.3 is 0 Å². The normalized spacial score (nSPS) is 18.9. The molecule has 2 N–H and O–H groups in total. The van der Waals surface area contributed by atoms with Gasteiger partial charge in [0, 0.05) is 31.7 Å². The Hall–Kier alpha value is -0.880. The van der Waals surface area contributed by atoms with Gasteiger partial charge in [0.15, 0.2) is 5.96 Å². The summed E-state index contributed by atoms with van der Waals surface area (Å²) in [7, 11) is -3.09. The summed E-state index contributed by atoms with van der Waals surface area (Å²) in [5.74, 6) is 1.80. The quantitative estimate of drug-likeness (QED) is 0.358. The Kier molecular flexibility index (Phi) is 8.61. The van der Waals surface area contributed by atoms with E-state index < -0.39 is 10.0 Å². The molecule has 1 atom stereocenters. The average Bonchev–Trinajstić information content (AvgIpc) is 3.10. The van der Waals surface area contributed by atoms with Gasteiger partial charge in [-0.05, 0) is 33.1 Å². The van der Waals surface area contributed by atoms with E-state index in [4.69, 9.17) is 4.52 Å². The highest BCUT2D eigenvalue weighted by atomic mass is 127. The van der Waals surface area contributed by atoms with Crippen LogP contribution < -0.4 is 10.6 Å². The van der Waals surface area contributed by atoms with E-state index >= 15 is 0 Å². The zero-order valence-corrected chi connectivity index (χ0v) is 18.3. The number of aromatic nitrogens is 1. The van der Waals surface area contributed by atoms with E-state index in [0.29, 0.717) is 32.1 Å². The first kappa shape index (κ1) is 22.2. The molecule has 8 nitrogen and oxygen atoms in total. The molecule has 1 fully saturated rings. The lowest BCUT2D eigenvalue weighted by atomic mass is 10.1. The number of hydrogen-bond donors (Lipinski definition) is 2. The number of aliphatic imine (C=N–C) groups is 1. The maximum absolute atomic E-state index is 11.6. The van der Waals surface area contributed by atoms with E-state index in [2.05, 4.69) is 20.8 Å². The standard InChI is InChI=1S/C15H27N5O3S.HI/c1-5-16-15(18-9-14-11(2)19-23-12(14)3)17-8-13-6-7-20(10-13)24(4,21)22;/h13H,5-10H2,1-4H3,(H2,16,17,18);1H. The molecule has 2 heterocycles. The van der Waals surface area contributed by atoms with Crippen LogP contribution in [0.5, 0.6) is 0 Å². The molecule has 144 valence electrons. The maximum atomic E-state index is 11.6. The Morgan fingerprint density at radius 1 is 1.40 bits per heavy atom. The molecule has 1 aromatic rings. The third kappa shape index (κ3) is 6.41. The predicted molar refractivity (Wildman–Crippen MR) is 109 cm³/mol. The van der Waals surface area contributed by atoms with Crippen molar-refractivity contribution in [2.24, 2.45) is 10.9 Å². The Balaban J connectivity index is 0.00000312. The third-order valence-corrected chi connectivity index (χ3v) is 5.47. The van der Waals surface area contributed by atoms with Crippen molar-refractivity contribution in [2.75, 3.05) is 32.4 Å². The summed E-state index contributed by atoms with van der Waals surface area (Å²) in [5.41, 5.74) is 1.85. The lowest BCUT2D eigenvalue weighted by Gasteiger charge is -2.16. The Morgan fingerprint density at radius 3 is 2.64 bits per heavy atom. The smallest absolute Gasteiger partial charge is 0.211 e. The number of guanidine groups is 1. The van der Waals surface area contributed by atoms with Gasteiger partial charge in [-0.2, -0.15) is 0 Å². The van der Waals surface area contributed by atoms with E-state index in [0.717, 1.165) is 35.9 Å². The van der Waals surface area contributed by atoms with Gasteiger partial charge in [0.05, 0.1) is 18.5 Å². The molecule has 0 saturated carbocycles. The molecule has 0 aromatic carbocycles. The van der Waals surface area contributed by atoms with Crippen molar-refractivity contribution in [3.63, 3.8) is 0 Å².